The van der Waals surface area contributed by atoms with Crippen LogP contribution in [0.4, 0.5) is 0 Å². The second-order valence-corrected chi connectivity index (χ2v) is 12.9. The molecule has 0 radical (unpaired) electrons. The van der Waals surface area contributed by atoms with E-state index in [1.165, 1.54) is 41.5 Å². The van der Waals surface area contributed by atoms with Crippen molar-refractivity contribution >= 4 is 9.84 Å². The SMILES string of the molecule is O=S1(=O)[C@@H]([C@@H]2CC3c4ccccc4C2c2ccccc23)[C@H](N2CCCCC2)[C@H]1c1ccccc1. The van der Waals surface area contributed by atoms with Gasteiger partial charge in [0.2, 0.25) is 0 Å². The van der Waals surface area contributed by atoms with Crippen LogP contribution in [0.3, 0.4) is 0 Å². The van der Waals surface area contributed by atoms with Crippen LogP contribution in [0.15, 0.2) is 78.9 Å². The zero-order chi connectivity index (χ0) is 22.9. The molecule has 0 unspecified atom stereocenters. The van der Waals surface area contributed by atoms with Crippen LogP contribution in [0, 0.1) is 5.92 Å². The highest BCUT2D eigenvalue weighted by Gasteiger charge is 2.64. The number of piperidine rings is 1. The molecule has 2 bridgehead atoms. The van der Waals surface area contributed by atoms with Crippen molar-refractivity contribution in [3.05, 3.63) is 107 Å². The van der Waals surface area contributed by atoms with E-state index < -0.39 is 15.1 Å². The van der Waals surface area contributed by atoms with E-state index in [4.69, 9.17) is 0 Å². The lowest BCUT2D eigenvalue weighted by atomic mass is 9.57. The quantitative estimate of drug-likeness (QED) is 0.496. The first-order valence-electron chi connectivity index (χ1n) is 12.9. The topological polar surface area (TPSA) is 37.4 Å². The largest absolute Gasteiger partial charge is 0.297 e. The predicted octanol–water partition coefficient (Wildman–Crippen LogP) is 5.68. The van der Waals surface area contributed by atoms with E-state index in [1.54, 1.807) is 0 Å². The lowest BCUT2D eigenvalue weighted by Crippen LogP contribution is -2.66. The minimum absolute atomic E-state index is 0.0800. The van der Waals surface area contributed by atoms with Gasteiger partial charge in [0.1, 0.15) is 5.25 Å². The van der Waals surface area contributed by atoms with Crippen LogP contribution in [0.2, 0.25) is 0 Å². The maximum atomic E-state index is 14.2. The summed E-state index contributed by atoms with van der Waals surface area (Å²) in [6.45, 7) is 2.04. The highest BCUT2D eigenvalue weighted by molar-refractivity contribution is 7.93. The fourth-order valence-electron chi connectivity index (χ4n) is 7.79. The smallest absolute Gasteiger partial charge is 0.163 e. The van der Waals surface area contributed by atoms with Gasteiger partial charge in [-0.2, -0.15) is 0 Å². The number of likely N-dealkylation sites (tertiary alicyclic amines) is 1. The normalized spacial score (nSPS) is 33.5. The van der Waals surface area contributed by atoms with Crippen molar-refractivity contribution in [2.75, 3.05) is 13.1 Å². The first kappa shape index (κ1) is 20.9. The van der Waals surface area contributed by atoms with E-state index >= 15 is 0 Å². The summed E-state index contributed by atoms with van der Waals surface area (Å²) in [4.78, 5) is 2.53. The standard InChI is InChI=1S/C30H31NO2S/c32-34(33)29(20-11-3-1-4-12-20)28(31-17-9-2-10-18-31)30(34)26-19-25-21-13-5-7-15-23(21)27(26)24-16-8-6-14-22(24)25/h1,3-8,11-16,25-30H,2,9-10,17-19H2/t25?,26-,27?,28-,29-,30+/m1/s1. The predicted molar refractivity (Wildman–Crippen MR) is 136 cm³/mol. The van der Waals surface area contributed by atoms with Crippen LogP contribution in [-0.2, 0) is 9.84 Å². The molecule has 0 aromatic heterocycles. The van der Waals surface area contributed by atoms with Gasteiger partial charge in [0.15, 0.2) is 9.84 Å². The molecular weight excluding hydrogens is 438 g/mol. The van der Waals surface area contributed by atoms with Gasteiger partial charge >= 0.3 is 0 Å². The molecule has 2 fully saturated rings. The van der Waals surface area contributed by atoms with E-state index in [0.717, 1.165) is 25.1 Å². The van der Waals surface area contributed by atoms with E-state index in [0.29, 0.717) is 5.92 Å². The Labute approximate surface area is 202 Å². The molecule has 8 rings (SSSR count). The number of fused-ring (bicyclic) bond motifs is 1. The Morgan fingerprint density at radius 2 is 1.24 bits per heavy atom. The Bertz CT molecular complexity index is 1280. The van der Waals surface area contributed by atoms with Gasteiger partial charge in [-0.15, -0.1) is 0 Å². The summed E-state index contributed by atoms with van der Waals surface area (Å²) in [5, 5.41) is -0.701. The molecule has 34 heavy (non-hydrogen) atoms. The molecule has 3 nitrogen and oxygen atoms in total. The van der Waals surface area contributed by atoms with Gasteiger partial charge < -0.3 is 0 Å². The number of nitrogens with zero attached hydrogens (tertiary/aromatic N) is 1. The van der Waals surface area contributed by atoms with Gasteiger partial charge in [0.25, 0.3) is 0 Å². The molecule has 2 saturated heterocycles. The average molecular weight is 470 g/mol. The summed E-state index contributed by atoms with van der Waals surface area (Å²) in [5.74, 6) is 0.600. The summed E-state index contributed by atoms with van der Waals surface area (Å²) in [5.41, 5.74) is 6.51. The van der Waals surface area contributed by atoms with E-state index in [-0.39, 0.29) is 23.1 Å². The number of sulfone groups is 1. The molecule has 2 aliphatic heterocycles. The molecular formula is C30H31NO2S. The zero-order valence-corrected chi connectivity index (χ0v) is 20.2. The van der Waals surface area contributed by atoms with Gasteiger partial charge in [-0.3, -0.25) is 4.90 Å². The van der Waals surface area contributed by atoms with Crippen molar-refractivity contribution in [3.8, 4) is 0 Å². The average Bonchev–Trinajstić information content (AvgIpc) is 2.89. The Balaban J connectivity index is 1.36. The molecule has 3 aromatic rings. The third-order valence-electron chi connectivity index (χ3n) is 9.09. The third-order valence-corrected chi connectivity index (χ3v) is 11.7. The molecule has 3 aliphatic carbocycles. The first-order chi connectivity index (χ1) is 16.7. The summed E-state index contributed by atoms with van der Waals surface area (Å²) in [7, 11) is -3.28. The van der Waals surface area contributed by atoms with Crippen molar-refractivity contribution in [1.82, 2.24) is 4.90 Å². The van der Waals surface area contributed by atoms with Gasteiger partial charge in [-0.05, 0) is 66.1 Å². The molecule has 4 atom stereocenters. The molecule has 0 spiro atoms. The molecule has 0 amide bonds. The number of benzene rings is 3. The molecule has 0 saturated carbocycles. The van der Waals surface area contributed by atoms with Gasteiger partial charge in [0, 0.05) is 17.9 Å². The Morgan fingerprint density at radius 1 is 0.676 bits per heavy atom. The molecule has 2 heterocycles. The van der Waals surface area contributed by atoms with Crippen LogP contribution in [0.25, 0.3) is 0 Å². The molecule has 174 valence electrons. The monoisotopic (exact) mass is 469 g/mol. The van der Waals surface area contributed by atoms with Gasteiger partial charge in [-0.1, -0.05) is 85.3 Å². The number of hydrogen-bond acceptors (Lipinski definition) is 3. The van der Waals surface area contributed by atoms with E-state index in [9.17, 15) is 8.42 Å². The fraction of sp³-hybridized carbons (Fsp3) is 0.400. The molecule has 3 aromatic carbocycles. The Hall–Kier alpha value is -2.43. The summed E-state index contributed by atoms with van der Waals surface area (Å²) < 4.78 is 28.4. The van der Waals surface area contributed by atoms with Crippen LogP contribution >= 0.6 is 0 Å². The maximum Gasteiger partial charge on any atom is 0.163 e. The van der Waals surface area contributed by atoms with Gasteiger partial charge in [0.05, 0.1) is 5.25 Å². The van der Waals surface area contributed by atoms with Crippen molar-refractivity contribution in [2.45, 2.75) is 54.1 Å². The summed E-state index contributed by atoms with van der Waals surface area (Å²) >= 11 is 0. The van der Waals surface area contributed by atoms with E-state index in [1.807, 2.05) is 30.3 Å². The lowest BCUT2D eigenvalue weighted by Gasteiger charge is -2.57. The lowest BCUT2D eigenvalue weighted by molar-refractivity contribution is 0.109. The summed E-state index contributed by atoms with van der Waals surface area (Å²) in [6.07, 6.45) is 4.54. The minimum Gasteiger partial charge on any atom is -0.297 e. The second-order valence-electron chi connectivity index (χ2n) is 10.7. The van der Waals surface area contributed by atoms with Gasteiger partial charge in [-0.25, -0.2) is 8.42 Å². The van der Waals surface area contributed by atoms with Crippen molar-refractivity contribution in [1.29, 1.82) is 0 Å². The summed E-state index contributed by atoms with van der Waals surface area (Å²) in [6, 6.07) is 27.7. The van der Waals surface area contributed by atoms with Crippen LogP contribution in [0.5, 0.6) is 0 Å². The fourth-order valence-corrected chi connectivity index (χ4v) is 10.6. The van der Waals surface area contributed by atoms with Crippen LogP contribution in [-0.4, -0.2) is 37.7 Å². The van der Waals surface area contributed by atoms with Crippen molar-refractivity contribution < 1.29 is 8.42 Å². The molecule has 5 aliphatic rings. The molecule has 0 N–H and O–H groups in total. The Kier molecular flexibility index (Phi) is 4.79. The highest BCUT2D eigenvalue weighted by Crippen LogP contribution is 2.61. The number of rotatable bonds is 3. The second kappa shape index (κ2) is 7.79. The Morgan fingerprint density at radius 3 is 1.85 bits per heavy atom. The van der Waals surface area contributed by atoms with Crippen LogP contribution in [0.1, 0.15) is 70.6 Å². The zero-order valence-electron chi connectivity index (χ0n) is 19.4. The van der Waals surface area contributed by atoms with Crippen LogP contribution < -0.4 is 0 Å². The maximum absolute atomic E-state index is 14.2. The minimum atomic E-state index is -3.28. The molecule has 4 heteroatoms. The van der Waals surface area contributed by atoms with Crippen molar-refractivity contribution in [3.63, 3.8) is 0 Å². The van der Waals surface area contributed by atoms with Crippen molar-refractivity contribution in [2.24, 2.45) is 5.92 Å². The highest BCUT2D eigenvalue weighted by atomic mass is 32.2. The first-order valence-corrected chi connectivity index (χ1v) is 14.5. The van der Waals surface area contributed by atoms with E-state index in [2.05, 4.69) is 53.4 Å². The third kappa shape index (κ3) is 2.88. The number of hydrogen-bond donors (Lipinski definition) is 0.